The van der Waals surface area contributed by atoms with E-state index in [0.717, 1.165) is 12.8 Å². The fourth-order valence-electron chi connectivity index (χ4n) is 9.27. The summed E-state index contributed by atoms with van der Waals surface area (Å²) in [5.74, 6) is 0. The fraction of sp³-hybridized carbons (Fsp3) is 0.167. The van der Waals surface area contributed by atoms with Crippen LogP contribution >= 0.6 is 0 Å². The number of fused-ring (bicyclic) bond motifs is 8. The summed E-state index contributed by atoms with van der Waals surface area (Å²) < 4.78 is 2.47. The van der Waals surface area contributed by atoms with E-state index in [1.807, 2.05) is 0 Å². The summed E-state index contributed by atoms with van der Waals surface area (Å²) in [4.78, 5) is 2.50. The first-order chi connectivity index (χ1) is 24.3. The minimum absolute atomic E-state index is 0.0598. The Bertz CT molecular complexity index is 2540. The molecule has 0 N–H and O–H groups in total. The number of rotatable bonds is 3. The molecule has 1 aromatic heterocycles. The van der Waals surface area contributed by atoms with E-state index >= 15 is 0 Å². The third-order valence-electron chi connectivity index (χ3n) is 11.8. The maximum atomic E-state index is 2.50. The van der Waals surface area contributed by atoms with Gasteiger partial charge in [-0.1, -0.05) is 119 Å². The van der Waals surface area contributed by atoms with Crippen LogP contribution in [-0.4, -0.2) is 4.57 Å². The molecular weight excluding hydrogens is 605 g/mol. The highest BCUT2D eigenvalue weighted by Crippen LogP contribution is 2.55. The fourth-order valence-corrected chi connectivity index (χ4v) is 9.27. The Morgan fingerprint density at radius 1 is 0.520 bits per heavy atom. The Labute approximate surface area is 295 Å². The zero-order chi connectivity index (χ0) is 33.8. The molecule has 0 atom stereocenters. The van der Waals surface area contributed by atoms with Gasteiger partial charge in [-0.3, -0.25) is 0 Å². The summed E-state index contributed by atoms with van der Waals surface area (Å²) in [5.41, 5.74) is 19.5. The molecule has 2 heteroatoms. The van der Waals surface area contributed by atoms with Gasteiger partial charge >= 0.3 is 0 Å². The number of hydrogen-bond donors (Lipinski definition) is 0. The second-order valence-corrected chi connectivity index (χ2v) is 15.3. The van der Waals surface area contributed by atoms with Crippen LogP contribution in [0.3, 0.4) is 0 Å². The summed E-state index contributed by atoms with van der Waals surface area (Å²) in [5, 5.41) is 1.32. The van der Waals surface area contributed by atoms with Crippen molar-refractivity contribution in [3.8, 4) is 27.9 Å². The molecule has 2 heterocycles. The second kappa shape index (κ2) is 10.5. The predicted molar refractivity (Wildman–Crippen MR) is 210 cm³/mol. The van der Waals surface area contributed by atoms with Gasteiger partial charge in [0.2, 0.25) is 0 Å². The summed E-state index contributed by atoms with van der Waals surface area (Å²) in [6.45, 7) is 9.51. The number of aromatic nitrogens is 1. The van der Waals surface area contributed by atoms with Gasteiger partial charge in [0.25, 0.3) is 0 Å². The smallest absolute Gasteiger partial charge is 0.0538 e. The summed E-state index contributed by atoms with van der Waals surface area (Å²) >= 11 is 0. The normalized spacial score (nSPS) is 16.0. The van der Waals surface area contributed by atoms with Crippen LogP contribution in [0.5, 0.6) is 0 Å². The third-order valence-corrected chi connectivity index (χ3v) is 11.8. The molecule has 2 nitrogen and oxygen atoms in total. The highest BCUT2D eigenvalue weighted by Gasteiger charge is 2.39. The van der Waals surface area contributed by atoms with Crippen LogP contribution in [0.2, 0.25) is 0 Å². The number of hydrogen-bond acceptors (Lipinski definition) is 1. The van der Waals surface area contributed by atoms with E-state index in [1.54, 1.807) is 0 Å². The first-order valence-electron chi connectivity index (χ1n) is 18.0. The first kappa shape index (κ1) is 29.3. The van der Waals surface area contributed by atoms with Crippen LogP contribution in [-0.2, 0) is 17.3 Å². The van der Waals surface area contributed by atoms with Gasteiger partial charge in [0.1, 0.15) is 0 Å². The van der Waals surface area contributed by atoms with Gasteiger partial charge in [0.15, 0.2) is 0 Å². The number of para-hydroxylation sites is 2. The molecule has 50 heavy (non-hydrogen) atoms. The lowest BCUT2D eigenvalue weighted by molar-refractivity contribution is 0.632. The SMILES string of the molecule is CC1(C)c2ccccc2-c2ccc(N3c4ccccc4C(C)(C)c4cc(-c5ccc6c(c5)c5c(n6-c6ccccc6)CCC=C5)ccc43)cc21. The van der Waals surface area contributed by atoms with Crippen molar-refractivity contribution in [2.24, 2.45) is 0 Å². The lowest BCUT2D eigenvalue weighted by Crippen LogP contribution is -2.30. The van der Waals surface area contributed by atoms with Crippen LogP contribution in [0.4, 0.5) is 17.1 Å². The molecule has 10 rings (SSSR count). The molecule has 3 aliphatic rings. The summed E-state index contributed by atoms with van der Waals surface area (Å²) in [6.07, 6.45) is 6.80. The number of allylic oxidation sites excluding steroid dienone is 1. The maximum absolute atomic E-state index is 2.50. The van der Waals surface area contributed by atoms with E-state index in [4.69, 9.17) is 0 Å². The van der Waals surface area contributed by atoms with Crippen molar-refractivity contribution in [2.75, 3.05) is 4.90 Å². The van der Waals surface area contributed by atoms with E-state index in [-0.39, 0.29) is 10.8 Å². The molecule has 0 spiro atoms. The van der Waals surface area contributed by atoms with Crippen LogP contribution in [0.1, 0.15) is 67.6 Å². The predicted octanol–water partition coefficient (Wildman–Crippen LogP) is 12.7. The zero-order valence-electron chi connectivity index (χ0n) is 29.2. The van der Waals surface area contributed by atoms with E-state index in [0.29, 0.717) is 0 Å². The highest BCUT2D eigenvalue weighted by molar-refractivity contribution is 5.97. The van der Waals surface area contributed by atoms with Crippen molar-refractivity contribution in [3.63, 3.8) is 0 Å². The van der Waals surface area contributed by atoms with Crippen molar-refractivity contribution >= 4 is 34.0 Å². The maximum Gasteiger partial charge on any atom is 0.0538 e. The van der Waals surface area contributed by atoms with Crippen LogP contribution in [0.25, 0.3) is 44.9 Å². The van der Waals surface area contributed by atoms with Crippen LogP contribution < -0.4 is 4.90 Å². The standard InChI is InChI=1S/C48H40N2/c1-47(2)39-18-10-8-16-35(39)36-25-24-34(30-41(36)47)50-45-21-13-11-19-40(45)48(3,4)42-29-32(23-27-46(42)50)31-22-26-44-38(28-31)37-17-9-12-20-43(37)49(44)33-14-6-5-7-15-33/h5-11,13-19,21-30H,12,20H2,1-4H3. The molecule has 6 aromatic carbocycles. The quantitative estimate of drug-likeness (QED) is 0.186. The lowest BCUT2D eigenvalue weighted by Gasteiger charge is -2.42. The average Bonchev–Trinajstić information content (AvgIpc) is 3.60. The Balaban J connectivity index is 1.13. The Kier molecular flexibility index (Phi) is 6.13. The molecule has 1 aliphatic heterocycles. The Morgan fingerprint density at radius 3 is 2.06 bits per heavy atom. The van der Waals surface area contributed by atoms with E-state index < -0.39 is 0 Å². The van der Waals surface area contributed by atoms with Crippen molar-refractivity contribution in [1.29, 1.82) is 0 Å². The summed E-state index contributed by atoms with van der Waals surface area (Å²) in [7, 11) is 0. The molecule has 2 aliphatic carbocycles. The van der Waals surface area contributed by atoms with Gasteiger partial charge < -0.3 is 9.47 Å². The van der Waals surface area contributed by atoms with E-state index in [2.05, 4.69) is 183 Å². The molecular formula is C48H40N2. The van der Waals surface area contributed by atoms with Crippen molar-refractivity contribution in [3.05, 3.63) is 173 Å². The minimum atomic E-state index is -0.173. The van der Waals surface area contributed by atoms with Gasteiger partial charge in [-0.2, -0.15) is 0 Å². The van der Waals surface area contributed by atoms with Crippen molar-refractivity contribution in [2.45, 2.75) is 51.4 Å². The van der Waals surface area contributed by atoms with Gasteiger partial charge in [-0.25, -0.2) is 0 Å². The average molecular weight is 645 g/mol. The summed E-state index contributed by atoms with van der Waals surface area (Å²) in [6, 6.07) is 50.1. The monoisotopic (exact) mass is 644 g/mol. The van der Waals surface area contributed by atoms with Gasteiger partial charge in [-0.15, -0.1) is 0 Å². The first-order valence-corrected chi connectivity index (χ1v) is 18.0. The van der Waals surface area contributed by atoms with E-state index in [1.165, 1.54) is 89.4 Å². The van der Waals surface area contributed by atoms with Gasteiger partial charge in [0, 0.05) is 38.8 Å². The molecule has 0 saturated carbocycles. The number of nitrogens with zero attached hydrogens (tertiary/aromatic N) is 2. The lowest BCUT2D eigenvalue weighted by atomic mass is 9.72. The van der Waals surface area contributed by atoms with E-state index in [9.17, 15) is 0 Å². The Hall–Kier alpha value is -5.60. The molecule has 0 radical (unpaired) electrons. The minimum Gasteiger partial charge on any atom is -0.313 e. The largest absolute Gasteiger partial charge is 0.313 e. The molecule has 0 bridgehead atoms. The van der Waals surface area contributed by atoms with Crippen molar-refractivity contribution in [1.82, 2.24) is 4.57 Å². The van der Waals surface area contributed by atoms with Crippen LogP contribution in [0.15, 0.2) is 140 Å². The molecule has 0 unspecified atom stereocenters. The second-order valence-electron chi connectivity index (χ2n) is 15.3. The topological polar surface area (TPSA) is 8.17 Å². The zero-order valence-corrected chi connectivity index (χ0v) is 29.2. The van der Waals surface area contributed by atoms with Gasteiger partial charge in [-0.05, 0) is 112 Å². The third kappa shape index (κ3) is 4.02. The van der Waals surface area contributed by atoms with Crippen molar-refractivity contribution < 1.29 is 0 Å². The molecule has 242 valence electrons. The Morgan fingerprint density at radius 2 is 1.20 bits per heavy atom. The van der Waals surface area contributed by atoms with Gasteiger partial charge in [0.05, 0.1) is 16.9 Å². The molecule has 0 amide bonds. The molecule has 0 fully saturated rings. The number of benzene rings is 6. The van der Waals surface area contributed by atoms with Crippen LogP contribution in [0, 0.1) is 0 Å². The molecule has 0 saturated heterocycles. The highest BCUT2D eigenvalue weighted by atomic mass is 15.2. The molecule has 7 aromatic rings. The number of anilines is 3.